The summed E-state index contributed by atoms with van der Waals surface area (Å²) >= 11 is 0. The standard InChI is InChI=1S/C20H31N3O2/c1-16-11-23(13-17-7-4-3-5-8-17)14-19(16)21-20(24)22(2)12-18-9-6-10-25-15-18/h3-5,7-8,16,18-19H,6,9-15H2,1-2H3,(H,21,24). The average molecular weight is 345 g/mol. The van der Waals surface area contributed by atoms with E-state index in [0.717, 1.165) is 52.2 Å². The van der Waals surface area contributed by atoms with Crippen LogP contribution < -0.4 is 5.32 Å². The van der Waals surface area contributed by atoms with Crippen LogP contribution in [-0.2, 0) is 11.3 Å². The fourth-order valence-corrected chi connectivity index (χ4v) is 3.92. The van der Waals surface area contributed by atoms with Crippen molar-refractivity contribution in [3.05, 3.63) is 35.9 Å². The zero-order chi connectivity index (χ0) is 17.6. The first-order chi connectivity index (χ1) is 12.1. The van der Waals surface area contributed by atoms with Gasteiger partial charge in [0, 0.05) is 51.8 Å². The van der Waals surface area contributed by atoms with Crippen molar-refractivity contribution >= 4 is 6.03 Å². The molecule has 1 N–H and O–H groups in total. The Morgan fingerprint density at radius 3 is 2.84 bits per heavy atom. The van der Waals surface area contributed by atoms with Crippen LogP contribution in [-0.4, -0.2) is 61.8 Å². The minimum absolute atomic E-state index is 0.0454. The van der Waals surface area contributed by atoms with Gasteiger partial charge >= 0.3 is 6.03 Å². The highest BCUT2D eigenvalue weighted by Crippen LogP contribution is 2.20. The van der Waals surface area contributed by atoms with Crippen LogP contribution >= 0.6 is 0 Å². The van der Waals surface area contributed by atoms with E-state index in [9.17, 15) is 4.79 Å². The summed E-state index contributed by atoms with van der Waals surface area (Å²) in [6.07, 6.45) is 2.26. The topological polar surface area (TPSA) is 44.8 Å². The molecule has 5 nitrogen and oxygen atoms in total. The molecule has 0 bridgehead atoms. The summed E-state index contributed by atoms with van der Waals surface area (Å²) in [6.45, 7) is 7.55. The molecule has 138 valence electrons. The molecule has 1 aromatic carbocycles. The molecule has 2 heterocycles. The van der Waals surface area contributed by atoms with Gasteiger partial charge in [0.25, 0.3) is 0 Å². The average Bonchev–Trinajstić information content (AvgIpc) is 2.95. The third kappa shape index (κ3) is 5.19. The number of ether oxygens (including phenoxy) is 1. The fraction of sp³-hybridized carbons (Fsp3) is 0.650. The second-order valence-corrected chi connectivity index (χ2v) is 7.68. The Morgan fingerprint density at radius 2 is 2.12 bits per heavy atom. The largest absolute Gasteiger partial charge is 0.381 e. The molecule has 5 heteroatoms. The quantitative estimate of drug-likeness (QED) is 0.892. The predicted octanol–water partition coefficient (Wildman–Crippen LogP) is 2.57. The van der Waals surface area contributed by atoms with Gasteiger partial charge < -0.3 is 15.0 Å². The van der Waals surface area contributed by atoms with Gasteiger partial charge in [-0.05, 0) is 24.3 Å². The van der Waals surface area contributed by atoms with Crippen molar-refractivity contribution in [1.82, 2.24) is 15.1 Å². The van der Waals surface area contributed by atoms with Crippen LogP contribution in [0, 0.1) is 11.8 Å². The van der Waals surface area contributed by atoms with Crippen LogP contribution in [0.25, 0.3) is 0 Å². The van der Waals surface area contributed by atoms with Gasteiger partial charge in [-0.25, -0.2) is 4.79 Å². The van der Waals surface area contributed by atoms with Crippen molar-refractivity contribution in [1.29, 1.82) is 0 Å². The van der Waals surface area contributed by atoms with E-state index in [2.05, 4.69) is 41.4 Å². The second kappa shape index (κ2) is 8.68. The Kier molecular flexibility index (Phi) is 6.32. The van der Waals surface area contributed by atoms with E-state index in [1.165, 1.54) is 5.56 Å². The normalized spacial score (nSPS) is 27.2. The van der Waals surface area contributed by atoms with Crippen molar-refractivity contribution in [3.63, 3.8) is 0 Å². The molecule has 2 fully saturated rings. The van der Waals surface area contributed by atoms with Gasteiger partial charge in [0.2, 0.25) is 0 Å². The molecule has 3 atom stereocenters. The molecule has 2 amide bonds. The minimum Gasteiger partial charge on any atom is -0.381 e. The van der Waals surface area contributed by atoms with E-state index in [-0.39, 0.29) is 12.1 Å². The number of carbonyl (C=O) groups is 1. The van der Waals surface area contributed by atoms with Crippen LogP contribution in [0.2, 0.25) is 0 Å². The van der Waals surface area contributed by atoms with E-state index >= 15 is 0 Å². The molecule has 0 saturated carbocycles. The van der Waals surface area contributed by atoms with Gasteiger partial charge in [-0.15, -0.1) is 0 Å². The molecule has 0 aromatic heterocycles. The zero-order valence-electron chi connectivity index (χ0n) is 15.5. The number of likely N-dealkylation sites (tertiary alicyclic amines) is 1. The molecule has 1 aromatic rings. The molecule has 25 heavy (non-hydrogen) atoms. The zero-order valence-corrected chi connectivity index (χ0v) is 15.5. The van der Waals surface area contributed by atoms with Crippen LogP contribution in [0.15, 0.2) is 30.3 Å². The monoisotopic (exact) mass is 345 g/mol. The fourth-order valence-electron chi connectivity index (χ4n) is 3.92. The lowest BCUT2D eigenvalue weighted by Crippen LogP contribution is -2.47. The highest BCUT2D eigenvalue weighted by Gasteiger charge is 2.31. The summed E-state index contributed by atoms with van der Waals surface area (Å²) in [5.74, 6) is 0.944. The lowest BCUT2D eigenvalue weighted by molar-refractivity contribution is 0.0456. The Hall–Kier alpha value is -1.59. The lowest BCUT2D eigenvalue weighted by atomic mass is 10.0. The molecule has 0 spiro atoms. The number of carbonyl (C=O) groups excluding carboxylic acids is 1. The van der Waals surface area contributed by atoms with Crippen molar-refractivity contribution in [2.24, 2.45) is 11.8 Å². The third-order valence-electron chi connectivity index (χ3n) is 5.38. The smallest absolute Gasteiger partial charge is 0.317 e. The summed E-state index contributed by atoms with van der Waals surface area (Å²) in [4.78, 5) is 16.8. The molecular formula is C20H31N3O2. The highest BCUT2D eigenvalue weighted by atomic mass is 16.5. The van der Waals surface area contributed by atoms with E-state index in [1.807, 2.05) is 18.0 Å². The Balaban J connectivity index is 1.46. The van der Waals surface area contributed by atoms with Crippen LogP contribution in [0.1, 0.15) is 25.3 Å². The molecule has 0 radical (unpaired) electrons. The highest BCUT2D eigenvalue weighted by molar-refractivity contribution is 5.74. The molecular weight excluding hydrogens is 314 g/mol. The van der Waals surface area contributed by atoms with E-state index in [1.54, 1.807) is 0 Å². The van der Waals surface area contributed by atoms with Crippen molar-refractivity contribution in [3.8, 4) is 0 Å². The second-order valence-electron chi connectivity index (χ2n) is 7.68. The Morgan fingerprint density at radius 1 is 1.32 bits per heavy atom. The van der Waals surface area contributed by atoms with Crippen molar-refractivity contribution < 1.29 is 9.53 Å². The maximum absolute atomic E-state index is 12.5. The lowest BCUT2D eigenvalue weighted by Gasteiger charge is -2.28. The summed E-state index contributed by atoms with van der Waals surface area (Å²) in [6, 6.07) is 10.8. The van der Waals surface area contributed by atoms with Gasteiger partial charge in [0.05, 0.1) is 6.61 Å². The summed E-state index contributed by atoms with van der Waals surface area (Å²) in [5, 5.41) is 3.24. The van der Waals surface area contributed by atoms with Gasteiger partial charge in [0.15, 0.2) is 0 Å². The minimum atomic E-state index is 0.0454. The van der Waals surface area contributed by atoms with Gasteiger partial charge in [-0.1, -0.05) is 37.3 Å². The number of nitrogens with one attached hydrogen (secondary N) is 1. The summed E-state index contributed by atoms with van der Waals surface area (Å²) < 4.78 is 5.52. The molecule has 2 saturated heterocycles. The number of urea groups is 1. The van der Waals surface area contributed by atoms with E-state index in [0.29, 0.717) is 11.8 Å². The summed E-state index contributed by atoms with van der Waals surface area (Å²) in [7, 11) is 1.89. The molecule has 2 aliphatic rings. The first kappa shape index (κ1) is 18.2. The Bertz CT molecular complexity index is 545. The van der Waals surface area contributed by atoms with Gasteiger partial charge in [-0.2, -0.15) is 0 Å². The first-order valence-corrected chi connectivity index (χ1v) is 9.47. The van der Waals surface area contributed by atoms with Crippen molar-refractivity contribution in [2.75, 3.05) is 39.9 Å². The number of amides is 2. The van der Waals surface area contributed by atoms with Gasteiger partial charge in [-0.3, -0.25) is 4.90 Å². The molecule has 3 rings (SSSR count). The maximum atomic E-state index is 12.5. The van der Waals surface area contributed by atoms with Crippen molar-refractivity contribution in [2.45, 2.75) is 32.4 Å². The van der Waals surface area contributed by atoms with Crippen LogP contribution in [0.5, 0.6) is 0 Å². The number of benzene rings is 1. The maximum Gasteiger partial charge on any atom is 0.317 e. The first-order valence-electron chi connectivity index (χ1n) is 9.47. The number of nitrogens with zero attached hydrogens (tertiary/aromatic N) is 2. The number of rotatable bonds is 5. The number of hydrogen-bond acceptors (Lipinski definition) is 3. The SMILES string of the molecule is CC1CN(Cc2ccccc2)CC1NC(=O)N(C)CC1CCCOC1. The molecule has 3 unspecified atom stereocenters. The van der Waals surface area contributed by atoms with E-state index < -0.39 is 0 Å². The van der Waals surface area contributed by atoms with Gasteiger partial charge in [0.1, 0.15) is 0 Å². The molecule has 0 aliphatic carbocycles. The predicted molar refractivity (Wildman–Crippen MR) is 99.4 cm³/mol. The number of hydrogen-bond donors (Lipinski definition) is 1. The van der Waals surface area contributed by atoms with Crippen LogP contribution in [0.3, 0.4) is 0 Å². The third-order valence-corrected chi connectivity index (χ3v) is 5.38. The van der Waals surface area contributed by atoms with Crippen LogP contribution in [0.4, 0.5) is 4.79 Å². The Labute approximate surface area is 151 Å². The summed E-state index contributed by atoms with van der Waals surface area (Å²) in [5.41, 5.74) is 1.33. The van der Waals surface area contributed by atoms with E-state index in [4.69, 9.17) is 4.74 Å². The molecule has 2 aliphatic heterocycles.